The van der Waals surface area contributed by atoms with E-state index in [2.05, 4.69) is 197 Å². The van der Waals surface area contributed by atoms with Gasteiger partial charge in [0.1, 0.15) is 0 Å². The highest BCUT2D eigenvalue weighted by atomic mass is 31.2. The minimum Gasteiger partial charge on any atom is -0.0654 e. The molecule has 0 bridgehead atoms. The minimum atomic E-state index is -1.16. The Morgan fingerprint density at radius 1 is 0.197 bits per heavy atom. The first-order valence-corrected chi connectivity index (χ1v) is 55.7. The highest BCUT2D eigenvalue weighted by Crippen LogP contribution is 2.77. The van der Waals surface area contributed by atoms with E-state index < -0.39 is 23.8 Å². The van der Waals surface area contributed by atoms with E-state index in [4.69, 9.17) is 0 Å². The average Bonchev–Trinajstić information content (AvgIpc) is 0.693. The largest absolute Gasteiger partial charge is 0.0654 e. The third-order valence-electron chi connectivity index (χ3n) is 27.6. The SMILES string of the molecule is CCCCc1ccc(P(c2ccc(CCCC)c(CCCC)c2CCCC)C2CCCCC2(P(c2ccc(CCCC)c(CCCC)c2CCCC)c2ccc(CCCC)c(CCCC)c2CCCC)P(c2ccc(CCCC)c(CCCC)c2CCCC)c2ccc(CCCC)c(CCCC)c2CCCC)c(CCCC)c1CCCC. The van der Waals surface area contributed by atoms with E-state index in [1.807, 2.05) is 87.5 Å². The van der Waals surface area contributed by atoms with Gasteiger partial charge in [-0.1, -0.05) is 326 Å². The first kappa shape index (κ1) is 101. The summed E-state index contributed by atoms with van der Waals surface area (Å²) >= 11 is 0. The highest BCUT2D eigenvalue weighted by molar-refractivity contribution is 7.92. The first-order chi connectivity index (χ1) is 57.4. The van der Waals surface area contributed by atoms with E-state index in [0.29, 0.717) is 5.66 Å². The molecule has 1 unspecified atom stereocenters. The molecule has 0 aliphatic heterocycles. The summed E-state index contributed by atoms with van der Waals surface area (Å²) in [5, 5.41) is 11.2. The molecule has 3 heteroatoms. The molecule has 117 heavy (non-hydrogen) atoms. The van der Waals surface area contributed by atoms with Crippen LogP contribution in [0.5, 0.6) is 0 Å². The van der Waals surface area contributed by atoms with Crippen molar-refractivity contribution in [2.75, 3.05) is 0 Å². The van der Waals surface area contributed by atoms with Crippen molar-refractivity contribution in [3.8, 4) is 0 Å². The predicted octanol–water partition coefficient (Wildman–Crippen LogP) is 33.2. The van der Waals surface area contributed by atoms with Gasteiger partial charge in [-0.3, -0.25) is 0 Å². The average molecular weight is 1650 g/mol. The molecule has 0 radical (unpaired) electrons. The van der Waals surface area contributed by atoms with E-state index in [0.717, 1.165) is 0 Å². The van der Waals surface area contributed by atoms with Crippen LogP contribution in [0.25, 0.3) is 0 Å². The molecule has 1 aliphatic rings. The Kier molecular flexibility index (Phi) is 49.2. The molecule has 1 saturated carbocycles. The van der Waals surface area contributed by atoms with Crippen LogP contribution in [0.1, 0.15) is 482 Å². The van der Waals surface area contributed by atoms with E-state index in [-0.39, 0.29) is 4.90 Å². The fourth-order valence-corrected chi connectivity index (χ4v) is 34.4. The number of hydrogen-bond acceptors (Lipinski definition) is 0. The van der Waals surface area contributed by atoms with E-state index >= 15 is 0 Å². The number of aryl methyl sites for hydroxylation is 6. The van der Waals surface area contributed by atoms with Gasteiger partial charge in [-0.15, -0.1) is 0 Å². The Balaban J connectivity index is 2.10. The van der Waals surface area contributed by atoms with Crippen LogP contribution in [0.3, 0.4) is 0 Å². The molecule has 0 spiro atoms. The van der Waals surface area contributed by atoms with Crippen LogP contribution in [0.4, 0.5) is 0 Å². The maximum atomic E-state index is 3.04. The summed E-state index contributed by atoms with van der Waals surface area (Å²) < 4.78 is 0. The zero-order valence-corrected chi connectivity index (χ0v) is 83.0. The van der Waals surface area contributed by atoms with E-state index in [1.165, 1.54) is 372 Å². The maximum Gasteiger partial charge on any atom is 0.0340 e. The second-order valence-corrected chi connectivity index (χ2v) is 44.3. The Hall–Kier alpha value is -3.39. The quantitative estimate of drug-likeness (QED) is 0.0334. The van der Waals surface area contributed by atoms with Crippen LogP contribution in [0, 0.1) is 0 Å². The van der Waals surface area contributed by atoms with Gasteiger partial charge < -0.3 is 0 Å². The fraction of sp³-hybridized carbons (Fsp3) is 0.684. The maximum absolute atomic E-state index is 3.04. The van der Waals surface area contributed by atoms with Gasteiger partial charge in [-0.2, -0.15) is 0 Å². The summed E-state index contributed by atoms with van der Waals surface area (Å²) in [5.74, 6) is 0. The van der Waals surface area contributed by atoms with Crippen LogP contribution in [-0.4, -0.2) is 10.6 Å². The van der Waals surface area contributed by atoms with Crippen LogP contribution in [0.2, 0.25) is 0 Å². The molecule has 6 aromatic carbocycles. The summed E-state index contributed by atoms with van der Waals surface area (Å²) in [6.45, 7) is 45.1. The molecule has 0 saturated heterocycles. The molecule has 0 N–H and O–H groups in total. The molecule has 1 atom stereocenters. The lowest BCUT2D eigenvalue weighted by Gasteiger charge is -2.58. The Morgan fingerprint density at radius 2 is 0.359 bits per heavy atom. The summed E-state index contributed by atoms with van der Waals surface area (Å²) in [7, 11) is -3.38. The number of benzene rings is 6. The number of hydrogen-bond donors (Lipinski definition) is 0. The van der Waals surface area contributed by atoms with Crippen LogP contribution < -0.4 is 31.8 Å². The molecule has 7 rings (SSSR count). The van der Waals surface area contributed by atoms with Crippen molar-refractivity contribution in [2.45, 2.75) is 508 Å². The number of unbranched alkanes of at least 4 members (excludes halogenated alkanes) is 18. The predicted molar refractivity (Wildman–Crippen MR) is 537 cm³/mol. The minimum absolute atomic E-state index is 0.169. The van der Waals surface area contributed by atoms with Gasteiger partial charge in [0, 0.05) is 10.6 Å². The van der Waals surface area contributed by atoms with Gasteiger partial charge >= 0.3 is 0 Å². The summed E-state index contributed by atoms with van der Waals surface area (Å²) in [4.78, 5) is -0.169. The Bertz CT molecular complexity index is 3360. The zero-order chi connectivity index (χ0) is 84.2. The molecular weight excluding hydrogens is 1460 g/mol. The number of rotatable bonds is 63. The molecule has 1 fully saturated rings. The van der Waals surface area contributed by atoms with Gasteiger partial charge in [0.25, 0.3) is 0 Å². The van der Waals surface area contributed by atoms with Crippen molar-refractivity contribution < 1.29 is 0 Å². The van der Waals surface area contributed by atoms with Crippen molar-refractivity contribution in [3.05, 3.63) is 173 Å². The van der Waals surface area contributed by atoms with Crippen LogP contribution in [0.15, 0.2) is 72.8 Å². The lowest BCUT2D eigenvalue weighted by molar-refractivity contribution is 0.492. The monoisotopic (exact) mass is 1650 g/mol. The van der Waals surface area contributed by atoms with Gasteiger partial charge in [0.15, 0.2) is 0 Å². The summed E-state index contributed by atoms with van der Waals surface area (Å²) in [6.07, 6.45) is 72.0. The fourth-order valence-electron chi connectivity index (χ4n) is 20.7. The van der Waals surface area contributed by atoms with Gasteiger partial charge in [-0.25, -0.2) is 0 Å². The van der Waals surface area contributed by atoms with Gasteiger partial charge in [-0.05, 0) is 400 Å². The molecule has 0 amide bonds. The van der Waals surface area contributed by atoms with Crippen molar-refractivity contribution in [3.63, 3.8) is 0 Å². The van der Waals surface area contributed by atoms with Crippen LogP contribution in [-0.2, 0) is 116 Å². The second-order valence-electron chi connectivity index (χ2n) is 36.8. The smallest absolute Gasteiger partial charge is 0.0340 e. The van der Waals surface area contributed by atoms with E-state index in [9.17, 15) is 0 Å². The van der Waals surface area contributed by atoms with Crippen molar-refractivity contribution in [1.29, 1.82) is 0 Å². The zero-order valence-electron chi connectivity index (χ0n) is 80.4. The summed E-state index contributed by atoms with van der Waals surface area (Å²) in [5.41, 5.74) is 32.6. The molecule has 0 aromatic heterocycles. The molecule has 1 aliphatic carbocycles. The molecular formula is C114H183P3. The normalized spacial score (nSPS) is 13.8. The topological polar surface area (TPSA) is 0 Å². The highest BCUT2D eigenvalue weighted by Gasteiger charge is 2.59. The Labute approximate surface area is 731 Å². The second kappa shape index (κ2) is 57.2. The van der Waals surface area contributed by atoms with E-state index in [1.54, 1.807) is 44.5 Å². The first-order valence-electron chi connectivity index (χ1n) is 51.7. The van der Waals surface area contributed by atoms with Gasteiger partial charge in [0.2, 0.25) is 0 Å². The van der Waals surface area contributed by atoms with Crippen molar-refractivity contribution >= 4 is 55.6 Å². The summed E-state index contributed by atoms with van der Waals surface area (Å²) in [6, 6.07) is 35.4. The van der Waals surface area contributed by atoms with Crippen molar-refractivity contribution in [2.24, 2.45) is 0 Å². The lowest BCUT2D eigenvalue weighted by Crippen LogP contribution is -2.52. The third-order valence-corrected chi connectivity index (χ3v) is 38.6. The molecule has 6 aromatic rings. The third kappa shape index (κ3) is 27.3. The molecule has 654 valence electrons. The molecule has 0 heterocycles. The van der Waals surface area contributed by atoms with Gasteiger partial charge in [0.05, 0.1) is 0 Å². The van der Waals surface area contributed by atoms with Crippen molar-refractivity contribution in [1.82, 2.24) is 0 Å². The molecule has 0 nitrogen and oxygen atoms in total. The lowest BCUT2D eigenvalue weighted by atomic mass is 9.90. The van der Waals surface area contributed by atoms with Crippen LogP contribution >= 0.6 is 23.8 Å². The standard InChI is InChI=1S/C114H183P3/c1-19-37-57-89-76-82-107(101(69-49-31-13)95(89)63-43-25-7)115(108-83-77-90(58-38-20-2)96(64-44-26-8)102(108)70-50-32-14)113-75-55-56-88-114(113,116(109-84-78-91(59-39-21-3)97(65-45-27-9)103(109)71-51-33-15)110-85-79-92(60-40-22-4)98(66-46-28-10)104(110)72-52-34-16)117(111-86-80-93(61-41-23-5)99(67-47-29-11)105(111)73-53-35-17)112-87-81-94(62-42-24-6)100(68-48-30-12)106(112)74-54-36-18/h76-87,113H,19-75,88H2,1-18H3. The Morgan fingerprint density at radius 3 is 0.547 bits per heavy atom.